The predicted molar refractivity (Wildman–Crippen MR) is 95.1 cm³/mol. The minimum Gasteiger partial charge on any atom is -0.496 e. The molecule has 25 heavy (non-hydrogen) atoms. The fourth-order valence-corrected chi connectivity index (χ4v) is 3.26. The van der Waals surface area contributed by atoms with Crippen molar-refractivity contribution in [3.63, 3.8) is 0 Å². The van der Waals surface area contributed by atoms with Gasteiger partial charge in [-0.05, 0) is 31.8 Å². The lowest BCUT2D eigenvalue weighted by molar-refractivity contribution is 0.0743. The monoisotopic (exact) mass is 335 g/mol. The first-order chi connectivity index (χ1) is 12.0. The highest BCUT2D eigenvalue weighted by Gasteiger charge is 2.37. The Morgan fingerprint density at radius 2 is 2.00 bits per heavy atom. The van der Waals surface area contributed by atoms with E-state index in [0.717, 1.165) is 29.0 Å². The maximum atomic E-state index is 12.8. The molecule has 1 atom stereocenters. The molecule has 1 aliphatic rings. The number of hydrogen-bond donors (Lipinski definition) is 0. The number of para-hydroxylation sites is 1. The Balaban J connectivity index is 1.94. The van der Waals surface area contributed by atoms with Crippen LogP contribution in [0.25, 0.3) is 0 Å². The highest BCUT2D eigenvalue weighted by atomic mass is 16.5. The maximum absolute atomic E-state index is 12.8. The molecule has 0 aromatic heterocycles. The normalized spacial score (nSPS) is 16.0. The number of amides is 1. The van der Waals surface area contributed by atoms with Gasteiger partial charge in [-0.25, -0.2) is 0 Å². The molecule has 1 unspecified atom stereocenters. The third kappa shape index (κ3) is 3.21. The number of fused-ring (bicyclic) bond motifs is 1. The van der Waals surface area contributed by atoms with Crippen LogP contribution in [0.15, 0.2) is 42.5 Å². The van der Waals surface area contributed by atoms with Crippen molar-refractivity contribution in [2.45, 2.75) is 19.1 Å². The molecule has 2 aromatic carbocycles. The molecule has 1 aliphatic heterocycles. The molecule has 3 rings (SSSR count). The zero-order chi connectivity index (χ0) is 18.0. The van der Waals surface area contributed by atoms with Crippen molar-refractivity contribution < 1.29 is 9.53 Å². The van der Waals surface area contributed by atoms with Crippen LogP contribution in [0, 0.1) is 11.3 Å². The van der Waals surface area contributed by atoms with E-state index < -0.39 is 6.04 Å². The van der Waals surface area contributed by atoms with Gasteiger partial charge in [0.25, 0.3) is 5.91 Å². The van der Waals surface area contributed by atoms with E-state index in [2.05, 4.69) is 11.0 Å². The molecule has 1 heterocycles. The van der Waals surface area contributed by atoms with Crippen molar-refractivity contribution in [2.75, 3.05) is 21.2 Å². The highest BCUT2D eigenvalue weighted by Crippen LogP contribution is 2.36. The van der Waals surface area contributed by atoms with Crippen LogP contribution in [-0.2, 0) is 13.1 Å². The summed E-state index contributed by atoms with van der Waals surface area (Å²) in [7, 11) is 5.59. The predicted octanol–water partition coefficient (Wildman–Crippen LogP) is 2.98. The Labute approximate surface area is 148 Å². The zero-order valence-corrected chi connectivity index (χ0v) is 14.7. The van der Waals surface area contributed by atoms with Gasteiger partial charge in [-0.1, -0.05) is 30.3 Å². The van der Waals surface area contributed by atoms with Crippen LogP contribution in [0.5, 0.6) is 5.75 Å². The number of ether oxygens (including phenoxy) is 1. The Bertz CT molecular complexity index is 839. The SMILES string of the molecule is COc1ccccc1CN1C(=O)c2ccc(CN(C)C)cc2C1C#N. The molecule has 5 heteroatoms. The molecule has 5 nitrogen and oxygen atoms in total. The molecule has 0 saturated heterocycles. The van der Waals surface area contributed by atoms with Crippen molar-refractivity contribution in [3.8, 4) is 11.8 Å². The second kappa shape index (κ2) is 6.96. The van der Waals surface area contributed by atoms with Crippen LogP contribution in [-0.4, -0.2) is 36.9 Å². The quantitative estimate of drug-likeness (QED) is 0.843. The molecule has 2 aromatic rings. The van der Waals surface area contributed by atoms with Crippen LogP contribution in [0.3, 0.4) is 0 Å². The summed E-state index contributed by atoms with van der Waals surface area (Å²) in [5.41, 5.74) is 3.39. The van der Waals surface area contributed by atoms with Crippen molar-refractivity contribution in [1.29, 1.82) is 5.26 Å². The van der Waals surface area contributed by atoms with E-state index in [9.17, 15) is 10.1 Å². The lowest BCUT2D eigenvalue weighted by Gasteiger charge is -2.21. The third-order valence-electron chi connectivity index (χ3n) is 4.37. The first-order valence-electron chi connectivity index (χ1n) is 8.15. The number of nitrogens with zero attached hydrogens (tertiary/aromatic N) is 3. The van der Waals surface area contributed by atoms with Gasteiger partial charge in [-0.2, -0.15) is 5.26 Å². The van der Waals surface area contributed by atoms with Crippen LogP contribution in [0.2, 0.25) is 0 Å². The Morgan fingerprint density at radius 3 is 2.68 bits per heavy atom. The summed E-state index contributed by atoms with van der Waals surface area (Å²) < 4.78 is 5.37. The minimum absolute atomic E-state index is 0.108. The largest absolute Gasteiger partial charge is 0.496 e. The molecular weight excluding hydrogens is 314 g/mol. The van der Waals surface area contributed by atoms with E-state index in [4.69, 9.17) is 4.74 Å². The molecule has 0 N–H and O–H groups in total. The first kappa shape index (κ1) is 17.0. The number of methoxy groups -OCH3 is 1. The van der Waals surface area contributed by atoms with E-state index in [0.29, 0.717) is 12.1 Å². The van der Waals surface area contributed by atoms with Gasteiger partial charge in [0, 0.05) is 23.2 Å². The Morgan fingerprint density at radius 1 is 1.24 bits per heavy atom. The average molecular weight is 335 g/mol. The lowest BCUT2D eigenvalue weighted by Crippen LogP contribution is -2.27. The van der Waals surface area contributed by atoms with Crippen LogP contribution >= 0.6 is 0 Å². The molecule has 128 valence electrons. The minimum atomic E-state index is -0.575. The molecule has 0 fully saturated rings. The van der Waals surface area contributed by atoms with Gasteiger partial charge in [-0.3, -0.25) is 4.79 Å². The summed E-state index contributed by atoms with van der Waals surface area (Å²) in [6, 6.07) is 15.1. The van der Waals surface area contributed by atoms with Crippen molar-refractivity contribution in [2.24, 2.45) is 0 Å². The third-order valence-corrected chi connectivity index (χ3v) is 4.37. The fourth-order valence-electron chi connectivity index (χ4n) is 3.26. The van der Waals surface area contributed by atoms with Crippen LogP contribution < -0.4 is 4.74 Å². The van der Waals surface area contributed by atoms with Gasteiger partial charge < -0.3 is 14.5 Å². The Kier molecular flexibility index (Phi) is 4.73. The average Bonchev–Trinajstić information content (AvgIpc) is 2.86. The Hall–Kier alpha value is -2.84. The van der Waals surface area contributed by atoms with Crippen LogP contribution in [0.1, 0.15) is 33.1 Å². The fraction of sp³-hybridized carbons (Fsp3) is 0.300. The van der Waals surface area contributed by atoms with E-state index in [-0.39, 0.29) is 5.91 Å². The summed E-state index contributed by atoms with van der Waals surface area (Å²) in [6.45, 7) is 1.12. The van der Waals surface area contributed by atoms with Crippen molar-refractivity contribution in [3.05, 3.63) is 64.7 Å². The maximum Gasteiger partial charge on any atom is 0.255 e. The second-order valence-electron chi connectivity index (χ2n) is 6.44. The van der Waals surface area contributed by atoms with E-state index in [1.807, 2.05) is 56.6 Å². The van der Waals surface area contributed by atoms with Crippen molar-refractivity contribution >= 4 is 5.91 Å². The molecule has 0 spiro atoms. The number of benzene rings is 2. The lowest BCUT2D eigenvalue weighted by atomic mass is 10.0. The molecular formula is C20H21N3O2. The summed E-state index contributed by atoms with van der Waals surface area (Å²) >= 11 is 0. The van der Waals surface area contributed by atoms with Gasteiger partial charge in [0.1, 0.15) is 11.8 Å². The molecule has 1 amide bonds. The van der Waals surface area contributed by atoms with Crippen LogP contribution in [0.4, 0.5) is 0 Å². The molecule has 0 saturated carbocycles. The summed E-state index contributed by atoms with van der Waals surface area (Å²) in [6.07, 6.45) is 0. The zero-order valence-electron chi connectivity index (χ0n) is 14.7. The molecule has 0 aliphatic carbocycles. The number of carbonyl (C=O) groups is 1. The highest BCUT2D eigenvalue weighted by molar-refractivity contribution is 5.99. The van der Waals surface area contributed by atoms with Gasteiger partial charge in [0.15, 0.2) is 0 Å². The number of hydrogen-bond acceptors (Lipinski definition) is 4. The number of nitriles is 1. The van der Waals surface area contributed by atoms with Gasteiger partial charge in [-0.15, -0.1) is 0 Å². The molecule has 0 radical (unpaired) electrons. The topological polar surface area (TPSA) is 56.6 Å². The first-order valence-corrected chi connectivity index (χ1v) is 8.15. The standard InChI is InChI=1S/C20H21N3O2/c1-22(2)12-14-8-9-16-17(10-14)18(11-21)23(20(16)24)13-15-6-4-5-7-19(15)25-3/h4-10,18H,12-13H2,1-3H3. The molecule has 0 bridgehead atoms. The summed E-state index contributed by atoms with van der Waals surface area (Å²) in [5.74, 6) is 0.611. The number of rotatable bonds is 5. The van der Waals surface area contributed by atoms with E-state index in [1.54, 1.807) is 12.0 Å². The summed E-state index contributed by atoms with van der Waals surface area (Å²) in [5, 5.41) is 9.69. The smallest absolute Gasteiger partial charge is 0.255 e. The van der Waals surface area contributed by atoms with Gasteiger partial charge in [0.05, 0.1) is 19.7 Å². The van der Waals surface area contributed by atoms with Gasteiger partial charge in [0.2, 0.25) is 0 Å². The second-order valence-corrected chi connectivity index (χ2v) is 6.44. The summed E-state index contributed by atoms with van der Waals surface area (Å²) in [4.78, 5) is 16.5. The van der Waals surface area contributed by atoms with Gasteiger partial charge >= 0.3 is 0 Å². The van der Waals surface area contributed by atoms with Crippen molar-refractivity contribution in [1.82, 2.24) is 9.80 Å². The van der Waals surface area contributed by atoms with E-state index in [1.165, 1.54) is 0 Å². The number of carbonyl (C=O) groups excluding carboxylic acids is 1. The van der Waals surface area contributed by atoms with E-state index >= 15 is 0 Å².